The van der Waals surface area contributed by atoms with Crippen LogP contribution < -0.4 is 5.32 Å². The van der Waals surface area contributed by atoms with Gasteiger partial charge in [0.2, 0.25) is 0 Å². The largest absolute Gasteiger partial charge is 0.311 e. The maximum absolute atomic E-state index is 4.65. The van der Waals surface area contributed by atoms with Crippen LogP contribution in [0.3, 0.4) is 0 Å². The van der Waals surface area contributed by atoms with E-state index in [9.17, 15) is 0 Å². The Morgan fingerprint density at radius 3 is 2.48 bits per heavy atom. The number of likely N-dealkylation sites (N-methyl/N-ethyl adjacent to an activating group) is 1. The van der Waals surface area contributed by atoms with Crippen LogP contribution in [-0.2, 0) is 19.4 Å². The number of nitrogens with zero attached hydrogens (tertiary/aromatic N) is 4. The molecule has 21 heavy (non-hydrogen) atoms. The van der Waals surface area contributed by atoms with E-state index in [1.54, 1.807) is 0 Å². The van der Waals surface area contributed by atoms with E-state index >= 15 is 0 Å². The van der Waals surface area contributed by atoms with Gasteiger partial charge in [-0.15, -0.1) is 0 Å². The van der Waals surface area contributed by atoms with Crippen molar-refractivity contribution in [3.8, 4) is 0 Å². The number of hydrogen-bond donors (Lipinski definition) is 1. The Balaban J connectivity index is 2.20. The zero-order chi connectivity index (χ0) is 15.4. The molecule has 1 unspecified atom stereocenters. The predicted octanol–water partition coefficient (Wildman–Crippen LogP) is 2.75. The Bertz CT molecular complexity index is 567. The van der Waals surface area contributed by atoms with E-state index in [0.717, 1.165) is 30.8 Å². The molecule has 2 aromatic rings. The van der Waals surface area contributed by atoms with Gasteiger partial charge in [-0.3, -0.25) is 9.36 Å². The minimum Gasteiger partial charge on any atom is -0.311 e. The monoisotopic (exact) mass is 289 g/mol. The highest BCUT2D eigenvalue weighted by Crippen LogP contribution is 2.19. The van der Waals surface area contributed by atoms with Crippen molar-refractivity contribution >= 4 is 0 Å². The first-order chi connectivity index (χ1) is 10.1. The van der Waals surface area contributed by atoms with E-state index < -0.39 is 0 Å². The summed E-state index contributed by atoms with van der Waals surface area (Å²) in [6.45, 7) is 9.47. The minimum absolute atomic E-state index is 0.244. The fourth-order valence-electron chi connectivity index (χ4n) is 2.53. The van der Waals surface area contributed by atoms with Gasteiger partial charge in [0, 0.05) is 25.2 Å². The van der Waals surface area contributed by atoms with Crippen LogP contribution in [0.25, 0.3) is 0 Å². The fourth-order valence-corrected chi connectivity index (χ4v) is 2.53. The van der Waals surface area contributed by atoms with Gasteiger partial charge >= 0.3 is 0 Å². The van der Waals surface area contributed by atoms with Crippen LogP contribution >= 0.6 is 0 Å². The Morgan fingerprint density at radius 2 is 1.95 bits per heavy atom. The van der Waals surface area contributed by atoms with E-state index in [1.165, 1.54) is 5.69 Å². The quantitative estimate of drug-likeness (QED) is 0.852. The zero-order valence-electron chi connectivity index (χ0n) is 13.8. The zero-order valence-corrected chi connectivity index (χ0v) is 13.8. The van der Waals surface area contributed by atoms with Crippen molar-refractivity contribution in [2.24, 2.45) is 0 Å². The normalized spacial score (nSPS) is 13.0. The summed E-state index contributed by atoms with van der Waals surface area (Å²) in [7, 11) is 2.00. The predicted molar refractivity (Wildman–Crippen MR) is 85.4 cm³/mol. The number of hydrogen-bond acceptors (Lipinski definition) is 3. The summed E-state index contributed by atoms with van der Waals surface area (Å²) in [4.78, 5) is 0. The van der Waals surface area contributed by atoms with Gasteiger partial charge in [0.25, 0.3) is 0 Å². The third kappa shape index (κ3) is 3.53. The highest BCUT2D eigenvalue weighted by Gasteiger charge is 2.18. The van der Waals surface area contributed by atoms with Crippen LogP contribution in [0.2, 0.25) is 0 Å². The molecule has 5 heteroatoms. The third-order valence-corrected chi connectivity index (χ3v) is 3.83. The summed E-state index contributed by atoms with van der Waals surface area (Å²) in [5.74, 6) is 0. The molecule has 0 spiro atoms. The first kappa shape index (κ1) is 15.8. The molecule has 2 heterocycles. The molecule has 0 fully saturated rings. The molecule has 0 aliphatic carbocycles. The highest BCUT2D eigenvalue weighted by molar-refractivity contribution is 5.17. The minimum atomic E-state index is 0.244. The summed E-state index contributed by atoms with van der Waals surface area (Å²) < 4.78 is 4.11. The smallest absolute Gasteiger partial charge is 0.0644 e. The van der Waals surface area contributed by atoms with Crippen molar-refractivity contribution in [1.29, 1.82) is 0 Å². The molecule has 0 saturated heterocycles. The van der Waals surface area contributed by atoms with E-state index in [2.05, 4.69) is 66.2 Å². The molecule has 0 bridgehead atoms. The second-order valence-electron chi connectivity index (χ2n) is 5.66. The molecule has 5 nitrogen and oxygen atoms in total. The van der Waals surface area contributed by atoms with Crippen molar-refractivity contribution in [3.63, 3.8) is 0 Å². The molecular weight excluding hydrogens is 262 g/mol. The summed E-state index contributed by atoms with van der Waals surface area (Å²) >= 11 is 0. The van der Waals surface area contributed by atoms with Crippen molar-refractivity contribution in [3.05, 3.63) is 35.4 Å². The maximum atomic E-state index is 4.65. The third-order valence-electron chi connectivity index (χ3n) is 3.83. The van der Waals surface area contributed by atoms with Crippen LogP contribution in [0.15, 0.2) is 18.3 Å². The van der Waals surface area contributed by atoms with Gasteiger partial charge < -0.3 is 5.32 Å². The van der Waals surface area contributed by atoms with Gasteiger partial charge in [-0.05, 0) is 46.4 Å². The molecule has 0 aliphatic rings. The van der Waals surface area contributed by atoms with Gasteiger partial charge in [-0.25, -0.2) is 0 Å². The number of nitrogens with one attached hydrogen (secondary N) is 1. The lowest BCUT2D eigenvalue weighted by atomic mass is 10.1. The lowest BCUT2D eigenvalue weighted by Gasteiger charge is -2.16. The number of aromatic nitrogens is 4. The molecule has 1 atom stereocenters. The Morgan fingerprint density at radius 1 is 1.19 bits per heavy atom. The molecule has 2 rings (SSSR count). The van der Waals surface area contributed by atoms with Gasteiger partial charge in [0.1, 0.15) is 0 Å². The van der Waals surface area contributed by atoms with Gasteiger partial charge in [0.05, 0.1) is 23.1 Å². The molecule has 0 amide bonds. The van der Waals surface area contributed by atoms with Crippen LogP contribution in [0, 0.1) is 0 Å². The molecule has 0 saturated carbocycles. The van der Waals surface area contributed by atoms with E-state index in [1.807, 2.05) is 11.7 Å². The summed E-state index contributed by atoms with van der Waals surface area (Å²) in [5.41, 5.74) is 3.51. The Kier molecular flexibility index (Phi) is 5.17. The van der Waals surface area contributed by atoms with Crippen LogP contribution in [-0.4, -0.2) is 26.6 Å². The van der Waals surface area contributed by atoms with Gasteiger partial charge in [0.15, 0.2) is 0 Å². The summed E-state index contributed by atoms with van der Waals surface area (Å²) in [6.07, 6.45) is 3.91. The average Bonchev–Trinajstić information content (AvgIpc) is 3.11. The lowest BCUT2D eigenvalue weighted by molar-refractivity contribution is 0.492. The van der Waals surface area contributed by atoms with Crippen molar-refractivity contribution in [1.82, 2.24) is 24.9 Å². The van der Waals surface area contributed by atoms with Crippen LogP contribution in [0.4, 0.5) is 0 Å². The second-order valence-corrected chi connectivity index (χ2v) is 5.66. The fraction of sp³-hybridized carbons (Fsp3) is 0.625. The Hall–Kier alpha value is -1.62. The van der Waals surface area contributed by atoms with Crippen molar-refractivity contribution < 1.29 is 0 Å². The molecule has 2 aromatic heterocycles. The number of rotatable bonds is 7. The topological polar surface area (TPSA) is 47.7 Å². The second kappa shape index (κ2) is 6.89. The van der Waals surface area contributed by atoms with Crippen LogP contribution in [0.1, 0.15) is 56.9 Å². The molecule has 0 radical (unpaired) electrons. The summed E-state index contributed by atoms with van der Waals surface area (Å²) in [6, 6.07) is 4.97. The standard InChI is InChI=1S/C16H27N5/c1-6-13-11-16(20(7-2)18-13)15(17-5)10-14-8-9-21(19-14)12(3)4/h8-9,11-12,15,17H,6-7,10H2,1-5H3. The maximum Gasteiger partial charge on any atom is 0.0644 e. The van der Waals surface area contributed by atoms with E-state index in [4.69, 9.17) is 0 Å². The SMILES string of the molecule is CCc1cc(C(Cc2ccn(C(C)C)n2)NC)n(CC)n1. The summed E-state index contributed by atoms with van der Waals surface area (Å²) in [5, 5.41) is 12.7. The van der Waals surface area contributed by atoms with E-state index in [0.29, 0.717) is 6.04 Å². The van der Waals surface area contributed by atoms with E-state index in [-0.39, 0.29) is 6.04 Å². The van der Waals surface area contributed by atoms with Crippen molar-refractivity contribution in [2.45, 2.75) is 59.2 Å². The molecule has 0 aliphatic heterocycles. The molecule has 0 aromatic carbocycles. The molecule has 116 valence electrons. The van der Waals surface area contributed by atoms with Gasteiger partial charge in [-0.2, -0.15) is 10.2 Å². The molecule has 1 N–H and O–H groups in total. The lowest BCUT2D eigenvalue weighted by Crippen LogP contribution is -2.22. The highest BCUT2D eigenvalue weighted by atomic mass is 15.3. The first-order valence-electron chi connectivity index (χ1n) is 7.86. The average molecular weight is 289 g/mol. The first-order valence-corrected chi connectivity index (χ1v) is 7.86. The Labute approximate surface area is 127 Å². The molecular formula is C16H27N5. The van der Waals surface area contributed by atoms with Gasteiger partial charge in [-0.1, -0.05) is 6.92 Å². The number of aryl methyl sites for hydroxylation is 2. The van der Waals surface area contributed by atoms with Crippen molar-refractivity contribution in [2.75, 3.05) is 7.05 Å². The van der Waals surface area contributed by atoms with Crippen LogP contribution in [0.5, 0.6) is 0 Å².